The molecule has 0 aromatic heterocycles. The van der Waals surface area contributed by atoms with Crippen LogP contribution in [0.3, 0.4) is 0 Å². The van der Waals surface area contributed by atoms with Gasteiger partial charge in [0.25, 0.3) is 0 Å². The van der Waals surface area contributed by atoms with Gasteiger partial charge in [0.15, 0.2) is 0 Å². The zero-order valence-corrected chi connectivity index (χ0v) is 10.3. The van der Waals surface area contributed by atoms with Crippen LogP contribution in [0.25, 0.3) is 0 Å². The number of anilines is 1. The van der Waals surface area contributed by atoms with E-state index in [-0.39, 0.29) is 12.1 Å². The zero-order valence-electron chi connectivity index (χ0n) is 10.3. The molecule has 0 saturated carbocycles. The minimum absolute atomic E-state index is 0.204. The topological polar surface area (TPSA) is 41.1 Å². The second kappa shape index (κ2) is 6.59. The minimum atomic E-state index is -0.257. The fourth-order valence-corrected chi connectivity index (χ4v) is 1.53. The van der Waals surface area contributed by atoms with Crippen LogP contribution in [0, 0.1) is 19.3 Å². The Labute approximate surface area is 103 Å². The molecule has 1 unspecified atom stereocenters. The van der Waals surface area contributed by atoms with Gasteiger partial charge in [-0.2, -0.15) is 0 Å². The van der Waals surface area contributed by atoms with Gasteiger partial charge in [-0.1, -0.05) is 31.4 Å². The number of aryl methyl sites for hydroxylation is 1. The Morgan fingerprint density at radius 1 is 1.53 bits per heavy atom. The Morgan fingerprint density at radius 3 is 2.88 bits per heavy atom. The van der Waals surface area contributed by atoms with E-state index in [2.05, 4.69) is 16.6 Å². The minimum Gasteiger partial charge on any atom is -0.324 e. The first kappa shape index (κ1) is 13.1. The van der Waals surface area contributed by atoms with Crippen LogP contribution in [0.2, 0.25) is 0 Å². The standard InChI is InChI=1S/C14H18N2O/c1-4-7-12(5-2)15-14(17)16-13-9-6-8-11(3)10-13/h2,6,8-10,12H,4,7H2,1,3H3,(H2,15,16,17). The van der Waals surface area contributed by atoms with Crippen molar-refractivity contribution in [3.8, 4) is 12.3 Å². The quantitative estimate of drug-likeness (QED) is 0.767. The molecule has 1 rings (SSSR count). The molecule has 0 aliphatic heterocycles. The van der Waals surface area contributed by atoms with Crippen LogP contribution in [0.5, 0.6) is 0 Å². The third kappa shape index (κ3) is 4.60. The highest BCUT2D eigenvalue weighted by molar-refractivity contribution is 5.89. The van der Waals surface area contributed by atoms with E-state index in [4.69, 9.17) is 6.42 Å². The van der Waals surface area contributed by atoms with Crippen molar-refractivity contribution in [1.29, 1.82) is 0 Å². The Bertz CT molecular complexity index is 420. The zero-order chi connectivity index (χ0) is 12.7. The molecule has 1 aromatic carbocycles. The lowest BCUT2D eigenvalue weighted by molar-refractivity contribution is 0.250. The number of terminal acetylenes is 1. The van der Waals surface area contributed by atoms with Crippen molar-refractivity contribution >= 4 is 11.7 Å². The van der Waals surface area contributed by atoms with Crippen molar-refractivity contribution in [1.82, 2.24) is 5.32 Å². The number of hydrogen-bond acceptors (Lipinski definition) is 1. The fourth-order valence-electron chi connectivity index (χ4n) is 1.53. The van der Waals surface area contributed by atoms with Crippen molar-refractivity contribution in [2.24, 2.45) is 0 Å². The molecule has 0 spiro atoms. The highest BCUT2D eigenvalue weighted by atomic mass is 16.2. The molecule has 0 radical (unpaired) electrons. The van der Waals surface area contributed by atoms with E-state index in [1.165, 1.54) is 0 Å². The molecule has 0 aliphatic carbocycles. The summed E-state index contributed by atoms with van der Waals surface area (Å²) in [4.78, 5) is 11.7. The second-order valence-electron chi connectivity index (χ2n) is 3.98. The molecule has 1 atom stereocenters. The Kier molecular flexibility index (Phi) is 5.09. The maximum atomic E-state index is 11.7. The highest BCUT2D eigenvalue weighted by Gasteiger charge is 2.08. The van der Waals surface area contributed by atoms with Crippen LogP contribution < -0.4 is 10.6 Å². The van der Waals surface area contributed by atoms with Gasteiger partial charge in [0.2, 0.25) is 0 Å². The lowest BCUT2D eigenvalue weighted by atomic mass is 10.2. The van der Waals surface area contributed by atoms with Gasteiger partial charge in [-0.05, 0) is 31.0 Å². The van der Waals surface area contributed by atoms with E-state index >= 15 is 0 Å². The molecular weight excluding hydrogens is 212 g/mol. The van der Waals surface area contributed by atoms with E-state index in [0.29, 0.717) is 0 Å². The van der Waals surface area contributed by atoms with Crippen LogP contribution in [0.15, 0.2) is 24.3 Å². The fraction of sp³-hybridized carbons (Fsp3) is 0.357. The Balaban J connectivity index is 2.52. The molecular formula is C14H18N2O. The first-order chi connectivity index (χ1) is 8.15. The summed E-state index contributed by atoms with van der Waals surface area (Å²) in [7, 11) is 0. The van der Waals surface area contributed by atoms with Gasteiger partial charge in [0.1, 0.15) is 0 Å². The van der Waals surface area contributed by atoms with Gasteiger partial charge in [-0.3, -0.25) is 0 Å². The largest absolute Gasteiger partial charge is 0.324 e. The highest BCUT2D eigenvalue weighted by Crippen LogP contribution is 2.09. The second-order valence-corrected chi connectivity index (χ2v) is 3.98. The van der Waals surface area contributed by atoms with E-state index in [9.17, 15) is 4.79 Å². The molecule has 0 aliphatic rings. The summed E-state index contributed by atoms with van der Waals surface area (Å²) in [6.07, 6.45) is 7.07. The molecule has 1 aromatic rings. The summed E-state index contributed by atoms with van der Waals surface area (Å²) >= 11 is 0. The number of rotatable bonds is 4. The van der Waals surface area contributed by atoms with Crippen molar-refractivity contribution in [3.05, 3.63) is 29.8 Å². The lowest BCUT2D eigenvalue weighted by Gasteiger charge is -2.13. The molecule has 17 heavy (non-hydrogen) atoms. The SMILES string of the molecule is C#CC(CCC)NC(=O)Nc1cccc(C)c1. The molecule has 0 fully saturated rings. The number of nitrogens with one attached hydrogen (secondary N) is 2. The normalized spacial score (nSPS) is 11.4. The van der Waals surface area contributed by atoms with Gasteiger partial charge in [-0.15, -0.1) is 6.42 Å². The van der Waals surface area contributed by atoms with Crippen LogP contribution in [0.1, 0.15) is 25.3 Å². The maximum Gasteiger partial charge on any atom is 0.320 e. The van der Waals surface area contributed by atoms with Gasteiger partial charge in [0.05, 0.1) is 6.04 Å². The van der Waals surface area contributed by atoms with E-state index < -0.39 is 0 Å². The summed E-state index contributed by atoms with van der Waals surface area (Å²) in [5, 5.41) is 5.51. The van der Waals surface area contributed by atoms with E-state index in [1.54, 1.807) is 0 Å². The molecule has 0 bridgehead atoms. The van der Waals surface area contributed by atoms with Crippen molar-refractivity contribution in [2.45, 2.75) is 32.7 Å². The van der Waals surface area contributed by atoms with Crippen molar-refractivity contribution < 1.29 is 4.79 Å². The van der Waals surface area contributed by atoms with Gasteiger partial charge >= 0.3 is 6.03 Å². The average molecular weight is 230 g/mol. The van der Waals surface area contributed by atoms with Gasteiger partial charge < -0.3 is 10.6 Å². The number of hydrogen-bond donors (Lipinski definition) is 2. The molecule has 0 heterocycles. The first-order valence-electron chi connectivity index (χ1n) is 5.76. The summed E-state index contributed by atoms with van der Waals surface area (Å²) in [5.74, 6) is 2.56. The van der Waals surface area contributed by atoms with Crippen LogP contribution in [0.4, 0.5) is 10.5 Å². The Hall–Kier alpha value is -1.95. The smallest absolute Gasteiger partial charge is 0.320 e. The summed E-state index contributed by atoms with van der Waals surface area (Å²) in [6.45, 7) is 4.01. The molecule has 3 heteroatoms. The molecule has 0 saturated heterocycles. The lowest BCUT2D eigenvalue weighted by Crippen LogP contribution is -2.36. The average Bonchev–Trinajstić information content (AvgIpc) is 2.28. The van der Waals surface area contributed by atoms with Gasteiger partial charge in [-0.25, -0.2) is 4.79 Å². The van der Waals surface area contributed by atoms with Crippen LogP contribution in [-0.4, -0.2) is 12.1 Å². The van der Waals surface area contributed by atoms with Crippen LogP contribution >= 0.6 is 0 Å². The monoisotopic (exact) mass is 230 g/mol. The number of carbonyl (C=O) groups excluding carboxylic acids is 1. The van der Waals surface area contributed by atoms with Gasteiger partial charge in [0, 0.05) is 5.69 Å². The molecule has 3 nitrogen and oxygen atoms in total. The Morgan fingerprint density at radius 2 is 2.29 bits per heavy atom. The summed E-state index contributed by atoms with van der Waals surface area (Å²) < 4.78 is 0. The third-order valence-corrected chi connectivity index (χ3v) is 2.36. The van der Waals surface area contributed by atoms with Crippen LogP contribution in [-0.2, 0) is 0 Å². The van der Waals surface area contributed by atoms with Crippen molar-refractivity contribution in [2.75, 3.05) is 5.32 Å². The predicted molar refractivity (Wildman–Crippen MR) is 70.9 cm³/mol. The molecule has 90 valence electrons. The predicted octanol–water partition coefficient (Wildman–Crippen LogP) is 2.92. The third-order valence-electron chi connectivity index (χ3n) is 2.36. The van der Waals surface area contributed by atoms with E-state index in [1.807, 2.05) is 38.1 Å². The summed E-state index contributed by atoms with van der Waals surface area (Å²) in [5.41, 5.74) is 1.87. The molecule has 2 N–H and O–H groups in total. The number of amides is 2. The number of carbonyl (C=O) groups is 1. The van der Waals surface area contributed by atoms with Crippen molar-refractivity contribution in [3.63, 3.8) is 0 Å². The number of benzene rings is 1. The number of urea groups is 1. The first-order valence-corrected chi connectivity index (χ1v) is 5.76. The molecule has 2 amide bonds. The summed E-state index contributed by atoms with van der Waals surface area (Å²) in [6, 6.07) is 7.17. The van der Waals surface area contributed by atoms with E-state index in [0.717, 1.165) is 24.1 Å². The maximum absolute atomic E-state index is 11.7.